The summed E-state index contributed by atoms with van der Waals surface area (Å²) in [4.78, 5) is 14.1. The van der Waals surface area contributed by atoms with E-state index in [4.69, 9.17) is 0 Å². The van der Waals surface area contributed by atoms with Crippen molar-refractivity contribution in [1.29, 1.82) is 0 Å². The monoisotopic (exact) mass is 476 g/mol. The minimum absolute atomic E-state index is 0.0644. The van der Waals surface area contributed by atoms with Crippen molar-refractivity contribution in [2.24, 2.45) is 0 Å². The number of carbonyl (C=O) groups excluding carboxylic acids is 1. The summed E-state index contributed by atoms with van der Waals surface area (Å²) in [7, 11) is 1.82. The topological polar surface area (TPSA) is 58.1 Å². The number of hydrogen-bond acceptors (Lipinski definition) is 6. The van der Waals surface area contributed by atoms with Crippen LogP contribution < -0.4 is 5.32 Å². The molecule has 1 heterocycles. The number of nitrogens with one attached hydrogen (secondary N) is 1. The summed E-state index contributed by atoms with van der Waals surface area (Å²) in [6.07, 6.45) is 0.932. The fraction of sp³-hybridized carbons (Fsp3) is 0.250. The summed E-state index contributed by atoms with van der Waals surface area (Å²) in [5.41, 5.74) is 2.37. The molecule has 1 amide bonds. The van der Waals surface area contributed by atoms with Gasteiger partial charge in [0, 0.05) is 24.6 Å². The quantitative estimate of drug-likeness (QED) is 0.453. The lowest BCUT2D eigenvalue weighted by molar-refractivity contribution is -0.127. The van der Waals surface area contributed by atoms with Gasteiger partial charge in [0.15, 0.2) is 4.34 Å². The molecule has 3 aromatic rings. The van der Waals surface area contributed by atoms with Crippen LogP contribution in [0.1, 0.15) is 11.1 Å². The van der Waals surface area contributed by atoms with Gasteiger partial charge >= 0.3 is 0 Å². The van der Waals surface area contributed by atoms with E-state index in [0.717, 1.165) is 32.5 Å². The van der Waals surface area contributed by atoms with Gasteiger partial charge in [0.2, 0.25) is 11.0 Å². The Kier molecular flexibility index (Phi) is 7.88. The highest BCUT2D eigenvalue weighted by atomic mass is 79.9. The zero-order chi connectivity index (χ0) is 19.8. The van der Waals surface area contributed by atoms with Gasteiger partial charge in [0.25, 0.3) is 0 Å². The van der Waals surface area contributed by atoms with Crippen molar-refractivity contribution in [3.8, 4) is 0 Å². The van der Waals surface area contributed by atoms with Crippen LogP contribution in [-0.2, 0) is 17.8 Å². The third-order valence-electron chi connectivity index (χ3n) is 4.05. The standard InChI is InChI=1S/C20H21BrN4OS2/c1-25(13-16-9-5-6-10-17(16)21)18(26)14-27-20-24-23-19(28-20)22-12-11-15-7-3-2-4-8-15/h2-10H,11-14H2,1H3,(H,22,23). The molecule has 3 rings (SSSR count). The molecule has 0 unspecified atom stereocenters. The van der Waals surface area contributed by atoms with Gasteiger partial charge in [0.05, 0.1) is 5.75 Å². The molecule has 146 valence electrons. The fourth-order valence-electron chi connectivity index (χ4n) is 2.50. The highest BCUT2D eigenvalue weighted by Crippen LogP contribution is 2.26. The molecule has 0 saturated heterocycles. The van der Waals surface area contributed by atoms with Crippen molar-refractivity contribution in [3.63, 3.8) is 0 Å². The minimum atomic E-state index is 0.0644. The molecule has 0 bridgehead atoms. The predicted molar refractivity (Wildman–Crippen MR) is 120 cm³/mol. The molecule has 0 aliphatic rings. The van der Waals surface area contributed by atoms with Crippen LogP contribution in [0.15, 0.2) is 63.4 Å². The Morgan fingerprint density at radius 1 is 1.14 bits per heavy atom. The molecular weight excluding hydrogens is 456 g/mol. The van der Waals surface area contributed by atoms with Crippen molar-refractivity contribution in [3.05, 3.63) is 70.2 Å². The van der Waals surface area contributed by atoms with Gasteiger partial charge in [-0.1, -0.05) is 87.6 Å². The number of carbonyl (C=O) groups is 1. The molecule has 1 N–H and O–H groups in total. The predicted octanol–water partition coefficient (Wildman–Crippen LogP) is 4.71. The number of aromatic nitrogens is 2. The summed E-state index contributed by atoms with van der Waals surface area (Å²) in [5.74, 6) is 0.411. The maximum Gasteiger partial charge on any atom is 0.233 e. The smallest absolute Gasteiger partial charge is 0.233 e. The Labute approximate surface area is 181 Å². The number of thioether (sulfide) groups is 1. The van der Waals surface area contributed by atoms with E-state index >= 15 is 0 Å². The van der Waals surface area contributed by atoms with Crippen LogP contribution in [0.25, 0.3) is 0 Å². The van der Waals surface area contributed by atoms with Gasteiger partial charge in [-0.25, -0.2) is 0 Å². The normalized spacial score (nSPS) is 10.6. The van der Waals surface area contributed by atoms with Crippen LogP contribution in [-0.4, -0.2) is 40.3 Å². The molecule has 2 aromatic carbocycles. The lowest BCUT2D eigenvalue weighted by Crippen LogP contribution is -2.27. The fourth-order valence-corrected chi connectivity index (χ4v) is 4.63. The Bertz CT molecular complexity index is 904. The van der Waals surface area contributed by atoms with Crippen molar-refractivity contribution in [2.45, 2.75) is 17.3 Å². The van der Waals surface area contributed by atoms with Gasteiger partial charge in [-0.15, -0.1) is 10.2 Å². The van der Waals surface area contributed by atoms with Crippen molar-refractivity contribution < 1.29 is 4.79 Å². The van der Waals surface area contributed by atoms with Gasteiger partial charge < -0.3 is 10.2 Å². The Morgan fingerprint density at radius 2 is 1.89 bits per heavy atom. The number of anilines is 1. The summed E-state index contributed by atoms with van der Waals surface area (Å²) < 4.78 is 1.81. The minimum Gasteiger partial charge on any atom is -0.360 e. The van der Waals surface area contributed by atoms with Crippen LogP contribution in [0.2, 0.25) is 0 Å². The maximum absolute atomic E-state index is 12.4. The highest BCUT2D eigenvalue weighted by molar-refractivity contribution is 9.10. The Morgan fingerprint density at radius 3 is 2.68 bits per heavy atom. The average molecular weight is 477 g/mol. The van der Waals surface area contributed by atoms with Crippen molar-refractivity contribution >= 4 is 50.1 Å². The molecule has 0 saturated carbocycles. The average Bonchev–Trinajstić information content (AvgIpc) is 3.16. The number of rotatable bonds is 9. The molecule has 1 aromatic heterocycles. The second-order valence-electron chi connectivity index (χ2n) is 6.17. The number of hydrogen-bond donors (Lipinski definition) is 1. The van der Waals surface area contributed by atoms with Gasteiger partial charge in [-0.3, -0.25) is 4.79 Å². The first-order valence-corrected chi connectivity index (χ1v) is 11.4. The largest absolute Gasteiger partial charge is 0.360 e. The summed E-state index contributed by atoms with van der Waals surface area (Å²) in [5, 5.41) is 12.4. The van der Waals surface area contributed by atoms with Crippen LogP contribution in [0.4, 0.5) is 5.13 Å². The van der Waals surface area contributed by atoms with E-state index < -0.39 is 0 Å². The summed E-state index contributed by atoms with van der Waals surface area (Å²) in [6, 6.07) is 18.3. The van der Waals surface area contributed by atoms with Crippen molar-refractivity contribution in [2.75, 3.05) is 24.7 Å². The van der Waals surface area contributed by atoms with Gasteiger partial charge in [-0.05, 0) is 23.6 Å². The molecule has 0 radical (unpaired) electrons. The second-order valence-corrected chi connectivity index (χ2v) is 9.22. The van der Waals surface area contributed by atoms with E-state index in [0.29, 0.717) is 12.3 Å². The lowest BCUT2D eigenvalue weighted by atomic mass is 10.2. The first-order chi connectivity index (χ1) is 13.6. The van der Waals surface area contributed by atoms with Gasteiger partial charge in [0.1, 0.15) is 0 Å². The SMILES string of the molecule is CN(Cc1ccccc1Br)C(=O)CSc1nnc(NCCc2ccccc2)s1. The van der Waals surface area contributed by atoms with E-state index in [1.165, 1.54) is 28.7 Å². The Hall–Kier alpha value is -1.90. The zero-order valence-electron chi connectivity index (χ0n) is 15.5. The molecule has 0 atom stereocenters. The van der Waals surface area contributed by atoms with E-state index in [1.54, 1.807) is 4.90 Å². The summed E-state index contributed by atoms with van der Waals surface area (Å²) in [6.45, 7) is 1.38. The van der Waals surface area contributed by atoms with Crippen LogP contribution >= 0.6 is 39.0 Å². The Balaban J connectivity index is 1.42. The molecule has 0 aliphatic heterocycles. The van der Waals surface area contributed by atoms with Crippen LogP contribution in [0.3, 0.4) is 0 Å². The van der Waals surface area contributed by atoms with Crippen LogP contribution in [0, 0.1) is 0 Å². The highest BCUT2D eigenvalue weighted by Gasteiger charge is 2.13. The van der Waals surface area contributed by atoms with Crippen molar-refractivity contribution in [1.82, 2.24) is 15.1 Å². The first-order valence-electron chi connectivity index (χ1n) is 8.83. The maximum atomic E-state index is 12.4. The third kappa shape index (κ3) is 6.32. The molecule has 8 heteroatoms. The molecular formula is C20H21BrN4OS2. The number of benzene rings is 2. The third-order valence-corrected chi connectivity index (χ3v) is 6.82. The number of amides is 1. The van der Waals surface area contributed by atoms with Crippen LogP contribution in [0.5, 0.6) is 0 Å². The number of nitrogens with zero attached hydrogens (tertiary/aromatic N) is 3. The van der Waals surface area contributed by atoms with E-state index in [2.05, 4.69) is 43.6 Å². The molecule has 5 nitrogen and oxygen atoms in total. The zero-order valence-corrected chi connectivity index (χ0v) is 18.7. The molecule has 0 aliphatic carbocycles. The van der Waals surface area contributed by atoms with E-state index in [9.17, 15) is 4.79 Å². The molecule has 28 heavy (non-hydrogen) atoms. The lowest BCUT2D eigenvalue weighted by Gasteiger charge is -2.17. The van der Waals surface area contributed by atoms with Gasteiger partial charge in [-0.2, -0.15) is 0 Å². The second kappa shape index (κ2) is 10.6. The summed E-state index contributed by atoms with van der Waals surface area (Å²) >= 11 is 6.42. The van der Waals surface area contributed by atoms with E-state index in [1.807, 2.05) is 49.5 Å². The molecule has 0 spiro atoms. The molecule has 0 fully saturated rings. The van der Waals surface area contributed by atoms with E-state index in [-0.39, 0.29) is 5.91 Å². The number of halogens is 1. The first kappa shape index (κ1) is 20.8.